The van der Waals surface area contributed by atoms with Crippen LogP contribution < -0.4 is 0 Å². The van der Waals surface area contributed by atoms with Crippen LogP contribution >= 0.6 is 27.3 Å². The number of nitrogens with zero attached hydrogens (tertiary/aromatic N) is 2. The first-order chi connectivity index (χ1) is 6.79. The smallest absolute Gasteiger partial charge is 0.161 e. The Bertz CT molecular complexity index is 452. The second-order valence-electron chi connectivity index (χ2n) is 2.55. The van der Waals surface area contributed by atoms with Gasteiger partial charge in [0.2, 0.25) is 0 Å². The molecule has 70 valence electrons. The van der Waals surface area contributed by atoms with Crippen molar-refractivity contribution in [2.45, 2.75) is 0 Å². The van der Waals surface area contributed by atoms with E-state index in [1.165, 1.54) is 11.3 Å². The first-order valence-corrected chi connectivity index (χ1v) is 5.43. The van der Waals surface area contributed by atoms with Crippen LogP contribution in [0.5, 0.6) is 0 Å². The van der Waals surface area contributed by atoms with Crippen molar-refractivity contribution in [2.75, 3.05) is 0 Å². The summed E-state index contributed by atoms with van der Waals surface area (Å²) in [6.07, 6.45) is 4.05. The lowest BCUT2D eigenvalue weighted by molar-refractivity contribution is 0.112. The van der Waals surface area contributed by atoms with Crippen molar-refractivity contribution in [3.05, 3.63) is 33.9 Å². The van der Waals surface area contributed by atoms with E-state index in [2.05, 4.69) is 25.9 Å². The summed E-state index contributed by atoms with van der Waals surface area (Å²) in [5, 5.41) is 0.764. The van der Waals surface area contributed by atoms with E-state index in [0.717, 1.165) is 21.5 Å². The first kappa shape index (κ1) is 9.48. The van der Waals surface area contributed by atoms with E-state index in [1.54, 1.807) is 12.4 Å². The predicted octanol–water partition coefficient (Wildman–Crippen LogP) is 2.78. The minimum Gasteiger partial charge on any atom is -0.297 e. The van der Waals surface area contributed by atoms with Crippen LogP contribution in [0.2, 0.25) is 0 Å². The molecule has 0 aromatic carbocycles. The number of rotatable bonds is 2. The van der Waals surface area contributed by atoms with Crippen molar-refractivity contribution in [1.29, 1.82) is 0 Å². The van der Waals surface area contributed by atoms with Crippen LogP contribution in [-0.4, -0.2) is 16.3 Å². The summed E-state index contributed by atoms with van der Waals surface area (Å²) in [5.74, 6) is 0. The quantitative estimate of drug-likeness (QED) is 0.787. The lowest BCUT2D eigenvalue weighted by Gasteiger charge is -1.93. The molecule has 2 heterocycles. The second kappa shape index (κ2) is 3.98. The molecule has 0 bridgehead atoms. The molecule has 2 aromatic heterocycles. The van der Waals surface area contributed by atoms with Gasteiger partial charge in [0.1, 0.15) is 5.01 Å². The minimum atomic E-state index is 0.615. The molecule has 0 saturated heterocycles. The number of hydrogen-bond acceptors (Lipinski definition) is 4. The van der Waals surface area contributed by atoms with Gasteiger partial charge in [0.05, 0.1) is 10.6 Å². The zero-order chi connectivity index (χ0) is 9.97. The van der Waals surface area contributed by atoms with Gasteiger partial charge in [-0.3, -0.25) is 9.78 Å². The van der Waals surface area contributed by atoms with Crippen LogP contribution in [0.1, 0.15) is 9.67 Å². The Morgan fingerprint density at radius 1 is 1.29 bits per heavy atom. The number of halogens is 1. The zero-order valence-corrected chi connectivity index (χ0v) is 9.38. The highest BCUT2D eigenvalue weighted by Crippen LogP contribution is 2.23. The Kier molecular flexibility index (Phi) is 2.69. The second-order valence-corrected chi connectivity index (χ2v) is 4.53. The molecule has 0 atom stereocenters. The average Bonchev–Trinajstić information content (AvgIpc) is 2.67. The maximum Gasteiger partial charge on any atom is 0.161 e. The number of pyridine rings is 1. The molecular formula is C9H5BrN2OS. The van der Waals surface area contributed by atoms with Gasteiger partial charge >= 0.3 is 0 Å². The van der Waals surface area contributed by atoms with Gasteiger partial charge in [0.15, 0.2) is 6.29 Å². The van der Waals surface area contributed by atoms with Gasteiger partial charge in [-0.2, -0.15) is 0 Å². The van der Waals surface area contributed by atoms with Crippen LogP contribution in [0.25, 0.3) is 10.7 Å². The fraction of sp³-hybridized carbons (Fsp3) is 0. The molecule has 0 saturated carbocycles. The summed E-state index contributed by atoms with van der Waals surface area (Å²) in [6.45, 7) is 0. The molecule has 0 fully saturated rings. The summed E-state index contributed by atoms with van der Waals surface area (Å²) in [4.78, 5) is 19.3. The van der Waals surface area contributed by atoms with E-state index < -0.39 is 0 Å². The van der Waals surface area contributed by atoms with E-state index >= 15 is 0 Å². The molecule has 2 rings (SSSR count). The van der Waals surface area contributed by atoms with Crippen molar-refractivity contribution in [2.24, 2.45) is 0 Å². The molecule has 0 radical (unpaired) electrons. The van der Waals surface area contributed by atoms with Crippen molar-refractivity contribution in [1.82, 2.24) is 9.97 Å². The third-order valence-corrected chi connectivity index (χ3v) is 3.00. The third-order valence-electron chi connectivity index (χ3n) is 1.59. The standard InChI is InChI=1S/C9H5BrN2OS/c10-6-1-2-8(11-3-6)9-12-4-7(5-13)14-9/h1-5H. The Hall–Kier alpha value is -1.07. The largest absolute Gasteiger partial charge is 0.297 e. The van der Waals surface area contributed by atoms with E-state index in [4.69, 9.17) is 0 Å². The molecule has 2 aromatic rings. The van der Waals surface area contributed by atoms with Gasteiger partial charge in [-0.15, -0.1) is 11.3 Å². The van der Waals surface area contributed by atoms with Crippen molar-refractivity contribution in [3.63, 3.8) is 0 Å². The molecule has 0 amide bonds. The number of thiazole rings is 1. The van der Waals surface area contributed by atoms with Gasteiger partial charge in [0.25, 0.3) is 0 Å². The molecule has 0 spiro atoms. The third kappa shape index (κ3) is 1.88. The SMILES string of the molecule is O=Cc1cnc(-c2ccc(Br)cn2)s1. The Balaban J connectivity index is 2.39. The molecule has 0 aliphatic heterocycles. The highest BCUT2D eigenvalue weighted by molar-refractivity contribution is 9.10. The van der Waals surface area contributed by atoms with Crippen LogP contribution in [-0.2, 0) is 0 Å². The molecule has 0 aliphatic rings. The predicted molar refractivity (Wildman–Crippen MR) is 58.4 cm³/mol. The Morgan fingerprint density at radius 3 is 2.71 bits per heavy atom. The summed E-state index contributed by atoms with van der Waals surface area (Å²) < 4.78 is 0.924. The van der Waals surface area contributed by atoms with Crippen molar-refractivity contribution < 1.29 is 4.79 Å². The lowest BCUT2D eigenvalue weighted by Crippen LogP contribution is -1.79. The molecular weight excluding hydrogens is 264 g/mol. The van der Waals surface area contributed by atoms with E-state index in [9.17, 15) is 4.79 Å². The van der Waals surface area contributed by atoms with Crippen LogP contribution in [0.3, 0.4) is 0 Å². The van der Waals surface area contributed by atoms with Crippen LogP contribution in [0.4, 0.5) is 0 Å². The first-order valence-electron chi connectivity index (χ1n) is 3.82. The van der Waals surface area contributed by atoms with Gasteiger partial charge < -0.3 is 0 Å². The minimum absolute atomic E-state index is 0.615. The number of hydrogen-bond donors (Lipinski definition) is 0. The average molecular weight is 269 g/mol. The van der Waals surface area contributed by atoms with Crippen LogP contribution in [0.15, 0.2) is 29.0 Å². The van der Waals surface area contributed by atoms with E-state index in [1.807, 2.05) is 12.1 Å². The van der Waals surface area contributed by atoms with E-state index in [-0.39, 0.29) is 0 Å². The number of aldehydes is 1. The number of carbonyl (C=O) groups excluding carboxylic acids is 1. The molecule has 3 nitrogen and oxygen atoms in total. The van der Waals surface area contributed by atoms with Crippen LogP contribution in [0, 0.1) is 0 Å². The van der Waals surface area contributed by atoms with Gasteiger partial charge in [-0.05, 0) is 28.1 Å². The summed E-state index contributed by atoms with van der Waals surface area (Å²) in [6, 6.07) is 3.75. The fourth-order valence-corrected chi connectivity index (χ4v) is 1.90. The normalized spacial score (nSPS) is 10.1. The van der Waals surface area contributed by atoms with Gasteiger partial charge in [0, 0.05) is 16.9 Å². The van der Waals surface area contributed by atoms with Crippen molar-refractivity contribution >= 4 is 33.6 Å². The molecule has 5 heteroatoms. The molecule has 0 N–H and O–H groups in total. The lowest BCUT2D eigenvalue weighted by atomic mass is 10.4. The molecule has 0 unspecified atom stereocenters. The maximum atomic E-state index is 10.4. The summed E-state index contributed by atoms with van der Waals surface area (Å²) in [5.41, 5.74) is 0.784. The fourth-order valence-electron chi connectivity index (χ4n) is 0.962. The zero-order valence-electron chi connectivity index (χ0n) is 6.98. The maximum absolute atomic E-state index is 10.4. The highest BCUT2D eigenvalue weighted by atomic mass is 79.9. The Morgan fingerprint density at radius 2 is 2.14 bits per heavy atom. The number of aromatic nitrogens is 2. The van der Waals surface area contributed by atoms with Gasteiger partial charge in [-0.25, -0.2) is 4.98 Å². The monoisotopic (exact) mass is 268 g/mol. The molecule has 0 aliphatic carbocycles. The van der Waals surface area contributed by atoms with Gasteiger partial charge in [-0.1, -0.05) is 0 Å². The van der Waals surface area contributed by atoms with E-state index in [0.29, 0.717) is 4.88 Å². The topological polar surface area (TPSA) is 42.9 Å². The summed E-state index contributed by atoms with van der Waals surface area (Å²) >= 11 is 4.64. The summed E-state index contributed by atoms with van der Waals surface area (Å²) in [7, 11) is 0. The van der Waals surface area contributed by atoms with Crippen molar-refractivity contribution in [3.8, 4) is 10.7 Å². The molecule has 14 heavy (non-hydrogen) atoms. The number of carbonyl (C=O) groups is 1. The Labute approximate surface area is 93.0 Å². The highest BCUT2D eigenvalue weighted by Gasteiger charge is 2.04.